The Hall–Kier alpha value is -1.69. The van der Waals surface area contributed by atoms with Crippen molar-refractivity contribution in [2.45, 2.75) is 13.0 Å². The van der Waals surface area contributed by atoms with Gasteiger partial charge in [0.05, 0.1) is 6.61 Å². The van der Waals surface area contributed by atoms with E-state index in [1.807, 2.05) is 6.92 Å². The van der Waals surface area contributed by atoms with Crippen molar-refractivity contribution in [1.29, 1.82) is 0 Å². The maximum Gasteiger partial charge on any atom is 0.327 e. The molecule has 0 saturated heterocycles. The Bertz CT molecular complexity index is 433. The van der Waals surface area contributed by atoms with Crippen LogP contribution in [0.2, 0.25) is 0 Å². The molecule has 0 aliphatic rings. The molecule has 0 aromatic heterocycles. The van der Waals surface area contributed by atoms with E-state index in [4.69, 9.17) is 9.84 Å². The zero-order valence-corrected chi connectivity index (χ0v) is 11.7. The minimum absolute atomic E-state index is 0.331. The van der Waals surface area contributed by atoms with E-state index in [1.54, 1.807) is 30.5 Å². The largest absolute Gasteiger partial charge is 0.494 e. The van der Waals surface area contributed by atoms with Gasteiger partial charge in [0.1, 0.15) is 11.8 Å². The fraction of sp³-hybridized carbons (Fsp3) is 0.385. The number of aliphatic carboxylic acids is 1. The Morgan fingerprint density at radius 3 is 2.47 bits per heavy atom. The molecule has 0 saturated carbocycles. The lowest BCUT2D eigenvalue weighted by molar-refractivity contribution is -0.138. The van der Waals surface area contributed by atoms with Crippen molar-refractivity contribution in [1.82, 2.24) is 5.32 Å². The Morgan fingerprint density at radius 1 is 1.37 bits per heavy atom. The average Bonchev–Trinajstić information content (AvgIpc) is 2.39. The minimum Gasteiger partial charge on any atom is -0.494 e. The quantitative estimate of drug-likeness (QED) is 0.795. The van der Waals surface area contributed by atoms with Crippen LogP contribution in [0.5, 0.6) is 5.75 Å². The van der Waals surface area contributed by atoms with E-state index in [0.29, 0.717) is 23.7 Å². The summed E-state index contributed by atoms with van der Waals surface area (Å²) in [5, 5.41) is 11.5. The predicted molar refractivity (Wildman–Crippen MR) is 74.9 cm³/mol. The smallest absolute Gasteiger partial charge is 0.327 e. The second-order valence-electron chi connectivity index (χ2n) is 3.78. The van der Waals surface area contributed by atoms with Crippen molar-refractivity contribution in [2.75, 3.05) is 18.6 Å². The second-order valence-corrected chi connectivity index (χ2v) is 4.69. The van der Waals surface area contributed by atoms with Crippen LogP contribution in [0.1, 0.15) is 17.3 Å². The van der Waals surface area contributed by atoms with E-state index in [-0.39, 0.29) is 0 Å². The van der Waals surface area contributed by atoms with Gasteiger partial charge in [0.25, 0.3) is 5.91 Å². The number of carboxylic acids is 1. The lowest BCUT2D eigenvalue weighted by atomic mass is 10.2. The number of hydrogen-bond donors (Lipinski definition) is 2. The van der Waals surface area contributed by atoms with Crippen LogP contribution in [0, 0.1) is 0 Å². The van der Waals surface area contributed by atoms with Gasteiger partial charge in [-0.15, -0.1) is 0 Å². The number of thioether (sulfide) groups is 1. The van der Waals surface area contributed by atoms with Gasteiger partial charge in [0.2, 0.25) is 0 Å². The summed E-state index contributed by atoms with van der Waals surface area (Å²) in [5.74, 6) is -0.422. The molecule has 6 heteroatoms. The maximum absolute atomic E-state index is 11.9. The number of carboxylic acid groups (broad SMARTS) is 1. The number of amides is 1. The molecule has 0 bridgehead atoms. The normalized spacial score (nSPS) is 11.7. The highest BCUT2D eigenvalue weighted by Gasteiger charge is 2.19. The van der Waals surface area contributed by atoms with Crippen LogP contribution in [0.25, 0.3) is 0 Å². The fourth-order valence-corrected chi connectivity index (χ4v) is 2.01. The molecule has 0 fully saturated rings. The molecular formula is C13H17NO4S. The molecule has 0 heterocycles. The van der Waals surface area contributed by atoms with Gasteiger partial charge in [-0.25, -0.2) is 4.79 Å². The summed E-state index contributed by atoms with van der Waals surface area (Å²) in [6.07, 6.45) is 1.79. The number of carbonyl (C=O) groups excluding carboxylic acids is 1. The topological polar surface area (TPSA) is 75.6 Å². The molecule has 2 N–H and O–H groups in total. The Balaban J connectivity index is 2.68. The number of nitrogens with one attached hydrogen (secondary N) is 1. The second kappa shape index (κ2) is 7.68. The Morgan fingerprint density at radius 2 is 2.00 bits per heavy atom. The fourth-order valence-electron chi connectivity index (χ4n) is 1.45. The lowest BCUT2D eigenvalue weighted by Crippen LogP contribution is -2.42. The summed E-state index contributed by atoms with van der Waals surface area (Å²) in [7, 11) is 0. The molecular weight excluding hydrogens is 266 g/mol. The first kappa shape index (κ1) is 15.4. The third kappa shape index (κ3) is 4.82. The summed E-state index contributed by atoms with van der Waals surface area (Å²) >= 11 is 1.37. The molecule has 1 atom stereocenters. The Kier molecular flexibility index (Phi) is 6.21. The van der Waals surface area contributed by atoms with Crippen LogP contribution >= 0.6 is 11.8 Å². The van der Waals surface area contributed by atoms with Crippen molar-refractivity contribution in [2.24, 2.45) is 0 Å². The van der Waals surface area contributed by atoms with Crippen LogP contribution in [-0.4, -0.2) is 41.6 Å². The first-order valence-electron chi connectivity index (χ1n) is 5.84. The van der Waals surface area contributed by atoms with Crippen molar-refractivity contribution < 1.29 is 19.4 Å². The molecule has 0 aliphatic carbocycles. The Labute approximate surface area is 116 Å². The van der Waals surface area contributed by atoms with E-state index in [1.165, 1.54) is 11.8 Å². The summed E-state index contributed by atoms with van der Waals surface area (Å²) in [5.41, 5.74) is 0.413. The van der Waals surface area contributed by atoms with E-state index < -0.39 is 17.9 Å². The first-order valence-corrected chi connectivity index (χ1v) is 7.23. The molecule has 5 nitrogen and oxygen atoms in total. The van der Waals surface area contributed by atoms with Crippen LogP contribution in [0.15, 0.2) is 24.3 Å². The first-order chi connectivity index (χ1) is 9.08. The molecule has 0 radical (unpaired) electrons. The highest BCUT2D eigenvalue weighted by Crippen LogP contribution is 2.12. The van der Waals surface area contributed by atoms with Crippen LogP contribution < -0.4 is 10.1 Å². The van der Waals surface area contributed by atoms with E-state index in [2.05, 4.69) is 5.32 Å². The van der Waals surface area contributed by atoms with Gasteiger partial charge >= 0.3 is 5.97 Å². The monoisotopic (exact) mass is 283 g/mol. The summed E-state index contributed by atoms with van der Waals surface area (Å²) in [4.78, 5) is 22.8. The molecule has 0 spiro atoms. The molecule has 0 aliphatic heterocycles. The number of ether oxygens (including phenoxy) is 1. The van der Waals surface area contributed by atoms with Gasteiger partial charge in [-0.2, -0.15) is 11.8 Å². The predicted octanol–water partition coefficient (Wildman–Crippen LogP) is 1.63. The highest BCUT2D eigenvalue weighted by atomic mass is 32.2. The number of rotatable bonds is 7. The summed E-state index contributed by atoms with van der Waals surface area (Å²) in [6.45, 7) is 2.43. The zero-order chi connectivity index (χ0) is 14.3. The minimum atomic E-state index is -1.03. The van der Waals surface area contributed by atoms with E-state index in [9.17, 15) is 9.59 Å². The molecule has 0 unspecified atom stereocenters. The SMILES string of the molecule is CCOc1ccc(C(=O)N[C@@H](CSC)C(=O)O)cc1. The van der Waals surface area contributed by atoms with Crippen LogP contribution in [0.4, 0.5) is 0 Å². The number of carbonyl (C=O) groups is 2. The van der Waals surface area contributed by atoms with Crippen molar-refractivity contribution in [3.63, 3.8) is 0 Å². The van der Waals surface area contributed by atoms with Gasteiger partial charge in [-0.05, 0) is 37.4 Å². The standard InChI is InChI=1S/C13H17NO4S/c1-3-18-10-6-4-9(5-7-10)12(15)14-11(8-19-2)13(16)17/h4-7,11H,3,8H2,1-2H3,(H,14,15)(H,16,17)/t11-/m0/s1. The van der Waals surface area contributed by atoms with Gasteiger partial charge in [-0.1, -0.05) is 0 Å². The molecule has 1 aromatic rings. The van der Waals surface area contributed by atoms with Gasteiger partial charge in [0.15, 0.2) is 0 Å². The van der Waals surface area contributed by atoms with E-state index >= 15 is 0 Å². The van der Waals surface area contributed by atoms with Crippen molar-refractivity contribution >= 4 is 23.6 Å². The average molecular weight is 283 g/mol. The van der Waals surface area contributed by atoms with Gasteiger partial charge in [-0.3, -0.25) is 4.79 Å². The summed E-state index contributed by atoms with van der Waals surface area (Å²) in [6, 6.07) is 5.70. The van der Waals surface area contributed by atoms with Crippen molar-refractivity contribution in [3.8, 4) is 5.75 Å². The van der Waals surface area contributed by atoms with Gasteiger partial charge < -0.3 is 15.2 Å². The van der Waals surface area contributed by atoms with Crippen molar-refractivity contribution in [3.05, 3.63) is 29.8 Å². The third-order valence-corrected chi connectivity index (χ3v) is 3.03. The molecule has 1 amide bonds. The van der Waals surface area contributed by atoms with Gasteiger partial charge in [0, 0.05) is 11.3 Å². The summed E-state index contributed by atoms with van der Waals surface area (Å²) < 4.78 is 5.27. The number of benzene rings is 1. The van der Waals surface area contributed by atoms with Crippen LogP contribution in [0.3, 0.4) is 0 Å². The number of hydrogen-bond acceptors (Lipinski definition) is 4. The molecule has 1 rings (SSSR count). The molecule has 19 heavy (non-hydrogen) atoms. The third-order valence-electron chi connectivity index (χ3n) is 2.36. The zero-order valence-electron chi connectivity index (χ0n) is 10.9. The van der Waals surface area contributed by atoms with Crippen LogP contribution in [-0.2, 0) is 4.79 Å². The molecule has 1 aromatic carbocycles. The van der Waals surface area contributed by atoms with E-state index in [0.717, 1.165) is 0 Å². The maximum atomic E-state index is 11.9. The highest BCUT2D eigenvalue weighted by molar-refractivity contribution is 7.98. The molecule has 104 valence electrons. The lowest BCUT2D eigenvalue weighted by Gasteiger charge is -2.13.